The Balaban J connectivity index is 1.11. The van der Waals surface area contributed by atoms with Crippen LogP contribution in [0.1, 0.15) is 28.2 Å². The van der Waals surface area contributed by atoms with Crippen LogP contribution in [-0.2, 0) is 0 Å². The summed E-state index contributed by atoms with van der Waals surface area (Å²) in [5, 5.41) is 15.2. The van der Waals surface area contributed by atoms with Crippen LogP contribution in [0.2, 0.25) is 0 Å². The molecule has 1 unspecified atom stereocenters. The van der Waals surface area contributed by atoms with Crippen molar-refractivity contribution in [3.63, 3.8) is 0 Å². The van der Waals surface area contributed by atoms with Crippen LogP contribution in [0.5, 0.6) is 0 Å². The SMILES string of the molecule is [C-]#[N+]c1cc(-n2c3ccccc3c3ccc4c(c32)-c2ccccc2C4c2ccccc2)ccc1-c1ccc(-n2c3ccccc3c3ccccc32)cc1C#N. The highest BCUT2D eigenvalue weighted by Crippen LogP contribution is 2.52. The van der Waals surface area contributed by atoms with E-state index in [0.29, 0.717) is 11.3 Å². The molecule has 4 nitrogen and oxygen atoms in total. The van der Waals surface area contributed by atoms with Gasteiger partial charge in [-0.2, -0.15) is 5.26 Å². The van der Waals surface area contributed by atoms with E-state index in [-0.39, 0.29) is 5.92 Å². The summed E-state index contributed by atoms with van der Waals surface area (Å²) in [6.07, 6.45) is 0. The second-order valence-corrected chi connectivity index (χ2v) is 14.2. The molecule has 2 aromatic heterocycles. The average Bonchev–Trinajstić information content (AvgIpc) is 3.89. The van der Waals surface area contributed by atoms with E-state index < -0.39 is 0 Å². The van der Waals surface area contributed by atoms with Gasteiger partial charge in [0.2, 0.25) is 0 Å². The second-order valence-electron chi connectivity index (χ2n) is 14.2. The lowest BCUT2D eigenvalue weighted by molar-refractivity contribution is 1.02. The van der Waals surface area contributed by atoms with Crippen molar-refractivity contribution in [3.8, 4) is 39.7 Å². The Morgan fingerprint density at radius 3 is 1.76 bits per heavy atom. The van der Waals surface area contributed by atoms with Gasteiger partial charge in [0.15, 0.2) is 5.69 Å². The molecule has 0 radical (unpaired) electrons. The quantitative estimate of drug-likeness (QED) is 0.169. The minimum atomic E-state index is 0.124. The van der Waals surface area contributed by atoms with E-state index in [1.165, 1.54) is 49.4 Å². The summed E-state index contributed by atoms with van der Waals surface area (Å²) in [5.41, 5.74) is 15.1. The first-order valence-electron chi connectivity index (χ1n) is 18.5. The van der Waals surface area contributed by atoms with Crippen molar-refractivity contribution in [1.29, 1.82) is 5.26 Å². The highest BCUT2D eigenvalue weighted by atomic mass is 15.0. The van der Waals surface area contributed by atoms with Crippen LogP contribution in [-0.4, -0.2) is 9.13 Å². The Morgan fingerprint density at radius 1 is 0.491 bits per heavy atom. The zero-order chi connectivity index (χ0) is 36.6. The number of para-hydroxylation sites is 3. The lowest BCUT2D eigenvalue weighted by Gasteiger charge is -2.16. The van der Waals surface area contributed by atoms with Gasteiger partial charge < -0.3 is 9.13 Å². The minimum absolute atomic E-state index is 0.124. The smallest absolute Gasteiger partial charge is 0.197 e. The van der Waals surface area contributed by atoms with Gasteiger partial charge in [-0.3, -0.25) is 0 Å². The van der Waals surface area contributed by atoms with Crippen LogP contribution in [0.15, 0.2) is 176 Å². The van der Waals surface area contributed by atoms with Gasteiger partial charge in [0.1, 0.15) is 0 Å². The summed E-state index contributed by atoms with van der Waals surface area (Å²) < 4.78 is 4.55. The zero-order valence-electron chi connectivity index (χ0n) is 29.6. The van der Waals surface area contributed by atoms with Crippen LogP contribution < -0.4 is 0 Å². The van der Waals surface area contributed by atoms with Crippen LogP contribution in [0, 0.1) is 17.9 Å². The number of rotatable bonds is 4. The fourth-order valence-electron chi connectivity index (χ4n) is 9.19. The zero-order valence-corrected chi connectivity index (χ0v) is 29.6. The van der Waals surface area contributed by atoms with Crippen molar-refractivity contribution >= 4 is 49.3 Å². The molecule has 4 heteroatoms. The maximum Gasteiger partial charge on any atom is 0.197 e. The first kappa shape index (κ1) is 30.9. The van der Waals surface area contributed by atoms with Crippen molar-refractivity contribution < 1.29 is 0 Å². The van der Waals surface area contributed by atoms with Gasteiger partial charge in [-0.15, -0.1) is 0 Å². The molecular weight excluding hydrogens is 669 g/mol. The van der Waals surface area contributed by atoms with Crippen LogP contribution in [0.3, 0.4) is 0 Å². The summed E-state index contributed by atoms with van der Waals surface area (Å²) >= 11 is 0. The first-order valence-corrected chi connectivity index (χ1v) is 18.5. The molecule has 11 rings (SSSR count). The standard InChI is InChI=1S/C51H30N4/c1-53-45-30-35(24-26-37(45)36-25-23-34(29-33(36)31-52)54-46-20-10-7-15-38(46)39-16-8-11-21-47(39)54)55-48-22-12-9-17-40(48)43-27-28-44-49(32-13-3-2-4-14-32)41-18-5-6-19-42(41)50(44)51(43)55/h2-30,49H. The molecule has 1 atom stereocenters. The maximum atomic E-state index is 10.6. The largest absolute Gasteiger partial charge is 0.310 e. The van der Waals surface area contributed by atoms with E-state index in [0.717, 1.165) is 44.6 Å². The molecule has 0 bridgehead atoms. The Labute approximate surface area is 317 Å². The van der Waals surface area contributed by atoms with Gasteiger partial charge in [-0.05, 0) is 75.8 Å². The van der Waals surface area contributed by atoms with Crippen molar-refractivity contribution in [1.82, 2.24) is 9.13 Å². The van der Waals surface area contributed by atoms with Gasteiger partial charge in [0.25, 0.3) is 0 Å². The van der Waals surface area contributed by atoms with E-state index in [9.17, 15) is 5.26 Å². The third kappa shape index (κ3) is 4.43. The molecule has 0 amide bonds. The second kappa shape index (κ2) is 11.9. The fraction of sp³-hybridized carbons (Fsp3) is 0.0196. The van der Waals surface area contributed by atoms with Crippen LogP contribution >= 0.6 is 0 Å². The molecule has 0 saturated heterocycles. The Bertz CT molecular complexity index is 3240. The van der Waals surface area contributed by atoms with Gasteiger partial charge in [0, 0.05) is 44.4 Å². The molecule has 254 valence electrons. The highest BCUT2D eigenvalue weighted by Gasteiger charge is 2.33. The average molecular weight is 699 g/mol. The summed E-state index contributed by atoms with van der Waals surface area (Å²) in [4.78, 5) is 4.09. The summed E-state index contributed by atoms with van der Waals surface area (Å²) in [7, 11) is 0. The van der Waals surface area contributed by atoms with Gasteiger partial charge in [-0.25, -0.2) is 4.85 Å². The van der Waals surface area contributed by atoms with E-state index in [2.05, 4.69) is 160 Å². The molecule has 1 aliphatic rings. The molecule has 0 N–H and O–H groups in total. The lowest BCUT2D eigenvalue weighted by Crippen LogP contribution is -1.99. The number of hydrogen-bond acceptors (Lipinski definition) is 1. The summed E-state index contributed by atoms with van der Waals surface area (Å²) in [6.45, 7) is 8.42. The fourth-order valence-corrected chi connectivity index (χ4v) is 9.19. The van der Waals surface area contributed by atoms with E-state index in [1.54, 1.807) is 0 Å². The normalized spacial score (nSPS) is 13.2. The highest BCUT2D eigenvalue weighted by molar-refractivity contribution is 6.16. The number of hydrogen-bond donors (Lipinski definition) is 0. The van der Waals surface area contributed by atoms with Crippen molar-refractivity contribution in [2.75, 3.05) is 0 Å². The topological polar surface area (TPSA) is 38.0 Å². The van der Waals surface area contributed by atoms with Gasteiger partial charge >= 0.3 is 0 Å². The minimum Gasteiger partial charge on any atom is -0.310 e. The molecule has 0 aliphatic heterocycles. The maximum absolute atomic E-state index is 10.6. The summed E-state index contributed by atoms with van der Waals surface area (Å²) in [6, 6.07) is 64.0. The molecule has 0 saturated carbocycles. The van der Waals surface area contributed by atoms with Crippen LogP contribution in [0.25, 0.3) is 82.1 Å². The predicted molar refractivity (Wildman–Crippen MR) is 224 cm³/mol. The Kier molecular flexibility index (Phi) is 6.71. The number of nitrogens with zero attached hydrogens (tertiary/aromatic N) is 4. The monoisotopic (exact) mass is 698 g/mol. The third-order valence-corrected chi connectivity index (χ3v) is 11.5. The number of benzene rings is 8. The summed E-state index contributed by atoms with van der Waals surface area (Å²) in [5.74, 6) is 0.124. The van der Waals surface area contributed by atoms with Crippen molar-refractivity contribution in [2.24, 2.45) is 0 Å². The van der Waals surface area contributed by atoms with Crippen LogP contribution in [0.4, 0.5) is 5.69 Å². The molecule has 2 heterocycles. The van der Waals surface area contributed by atoms with Crippen molar-refractivity contribution in [3.05, 3.63) is 210 Å². The number of nitriles is 1. The molecule has 0 spiro atoms. The third-order valence-electron chi connectivity index (χ3n) is 11.5. The molecule has 1 aliphatic carbocycles. The van der Waals surface area contributed by atoms with E-state index >= 15 is 0 Å². The van der Waals surface area contributed by atoms with Gasteiger partial charge in [0.05, 0.1) is 40.3 Å². The Morgan fingerprint density at radius 2 is 1.07 bits per heavy atom. The Hall–Kier alpha value is -7.66. The number of fused-ring (bicyclic) bond motifs is 10. The number of aromatic nitrogens is 2. The van der Waals surface area contributed by atoms with E-state index in [4.69, 9.17) is 6.57 Å². The molecular formula is C51H30N4. The molecule has 0 fully saturated rings. The van der Waals surface area contributed by atoms with Gasteiger partial charge in [-0.1, -0.05) is 133 Å². The molecule has 55 heavy (non-hydrogen) atoms. The lowest BCUT2D eigenvalue weighted by atomic mass is 9.89. The first-order chi connectivity index (χ1) is 27.2. The molecule has 10 aromatic rings. The van der Waals surface area contributed by atoms with Crippen molar-refractivity contribution in [2.45, 2.75) is 5.92 Å². The predicted octanol–water partition coefficient (Wildman–Crippen LogP) is 13.1. The molecule has 8 aromatic carbocycles. The van der Waals surface area contributed by atoms with E-state index in [1.807, 2.05) is 36.4 Å².